The number of rotatable bonds is 5. The van der Waals surface area contributed by atoms with Gasteiger partial charge in [-0.25, -0.2) is 0 Å². The van der Waals surface area contributed by atoms with Gasteiger partial charge in [0.25, 0.3) is 5.91 Å². The minimum atomic E-state index is -0.403. The molecule has 1 aromatic carbocycles. The van der Waals surface area contributed by atoms with Gasteiger partial charge in [0.1, 0.15) is 5.04 Å². The molecule has 4 rings (SSSR count). The Morgan fingerprint density at radius 1 is 1.23 bits per heavy atom. The fraction of sp³-hybridized carbons (Fsp3) is 0.304. The largest absolute Gasteiger partial charge is 0.318 e. The zero-order valence-electron chi connectivity index (χ0n) is 18.0. The van der Waals surface area contributed by atoms with Crippen molar-refractivity contribution in [1.29, 1.82) is 5.41 Å². The summed E-state index contributed by atoms with van der Waals surface area (Å²) >= 11 is 7.62. The first kappa shape index (κ1) is 21.6. The van der Waals surface area contributed by atoms with Gasteiger partial charge in [-0.1, -0.05) is 31.0 Å². The molecule has 3 heterocycles. The standard InChI is InChI=1S/C23H24ClN5OS/c1-5-6-7-20-27-29-21(25)18(22(30)26-23(29)31-20)11-16-10-14(3)28(15(16)4)19-12-17(24)9-8-13(19)2/h8-12,25H,5-7H2,1-4H3/b18-11+,25-21?. The number of aromatic nitrogens is 1. The molecule has 0 fully saturated rings. The highest BCUT2D eigenvalue weighted by molar-refractivity contribution is 8.26. The van der Waals surface area contributed by atoms with Crippen molar-refractivity contribution in [2.24, 2.45) is 10.1 Å². The van der Waals surface area contributed by atoms with Gasteiger partial charge < -0.3 is 4.57 Å². The number of aryl methyl sites for hydroxylation is 2. The number of nitrogens with zero attached hydrogens (tertiary/aromatic N) is 4. The molecule has 2 aliphatic rings. The molecule has 1 aromatic heterocycles. The maximum atomic E-state index is 12.7. The minimum Gasteiger partial charge on any atom is -0.318 e. The molecule has 1 amide bonds. The number of benzene rings is 1. The van der Waals surface area contributed by atoms with Gasteiger partial charge in [-0.3, -0.25) is 10.2 Å². The summed E-state index contributed by atoms with van der Waals surface area (Å²) in [4.78, 5) is 16.9. The predicted molar refractivity (Wildman–Crippen MR) is 130 cm³/mol. The van der Waals surface area contributed by atoms with E-state index in [0.29, 0.717) is 10.2 Å². The summed E-state index contributed by atoms with van der Waals surface area (Å²) in [5, 5.41) is 16.6. The van der Waals surface area contributed by atoms with Gasteiger partial charge in [0.2, 0.25) is 5.17 Å². The minimum absolute atomic E-state index is 0.0673. The Bertz CT molecular complexity index is 1190. The van der Waals surface area contributed by atoms with Crippen LogP contribution in [0.2, 0.25) is 5.02 Å². The average molecular weight is 454 g/mol. The third-order valence-corrected chi connectivity index (χ3v) is 6.63. The van der Waals surface area contributed by atoms with Crippen LogP contribution in [0.4, 0.5) is 0 Å². The SMILES string of the molecule is CCCCC1=NN2C(=N)/C(=C\c3cc(C)n(-c4cc(Cl)ccc4C)c3C)C(=O)N=C2S1. The molecule has 0 saturated carbocycles. The molecule has 31 heavy (non-hydrogen) atoms. The van der Waals surface area contributed by atoms with E-state index in [4.69, 9.17) is 17.0 Å². The zero-order chi connectivity index (χ0) is 22.3. The normalized spacial score (nSPS) is 17.3. The van der Waals surface area contributed by atoms with Crippen LogP contribution in [0.1, 0.15) is 48.7 Å². The Morgan fingerprint density at radius 2 is 2.00 bits per heavy atom. The number of hydrazone groups is 1. The van der Waals surface area contributed by atoms with Crippen LogP contribution < -0.4 is 0 Å². The first-order chi connectivity index (χ1) is 14.8. The zero-order valence-corrected chi connectivity index (χ0v) is 19.6. The van der Waals surface area contributed by atoms with Crippen molar-refractivity contribution in [1.82, 2.24) is 9.58 Å². The lowest BCUT2D eigenvalue weighted by molar-refractivity contribution is -0.114. The molecular weight excluding hydrogens is 430 g/mol. The van der Waals surface area contributed by atoms with Gasteiger partial charge in [0.05, 0.1) is 5.57 Å². The van der Waals surface area contributed by atoms with Crippen molar-refractivity contribution >= 4 is 51.4 Å². The number of hydrogen-bond acceptors (Lipinski definition) is 4. The van der Waals surface area contributed by atoms with Gasteiger partial charge in [-0.05, 0) is 80.8 Å². The molecule has 0 unspecified atom stereocenters. The number of hydrogen-bond donors (Lipinski definition) is 1. The fourth-order valence-corrected chi connectivity index (χ4v) is 4.84. The Hall–Kier alpha value is -2.64. The van der Waals surface area contributed by atoms with Gasteiger partial charge in [0, 0.05) is 22.1 Å². The number of amides is 1. The van der Waals surface area contributed by atoms with Gasteiger partial charge in [-0.15, -0.1) is 0 Å². The number of fused-ring (bicyclic) bond motifs is 1. The van der Waals surface area contributed by atoms with E-state index < -0.39 is 5.91 Å². The molecule has 8 heteroatoms. The third kappa shape index (κ3) is 4.00. The Kier molecular flexibility index (Phi) is 5.90. The highest BCUT2D eigenvalue weighted by Crippen LogP contribution is 2.31. The van der Waals surface area contributed by atoms with Gasteiger partial charge in [0.15, 0.2) is 5.84 Å². The topological polar surface area (TPSA) is 73.8 Å². The molecule has 0 radical (unpaired) electrons. The first-order valence-corrected chi connectivity index (χ1v) is 11.4. The molecule has 0 atom stereocenters. The number of thioether (sulfide) groups is 1. The highest BCUT2D eigenvalue weighted by atomic mass is 35.5. The van der Waals surface area contributed by atoms with E-state index in [1.54, 1.807) is 6.08 Å². The van der Waals surface area contributed by atoms with Crippen molar-refractivity contribution < 1.29 is 4.79 Å². The van der Waals surface area contributed by atoms with Crippen molar-refractivity contribution in [3.8, 4) is 5.69 Å². The molecule has 0 saturated heterocycles. The maximum absolute atomic E-state index is 12.7. The Labute approximate surface area is 191 Å². The molecular formula is C23H24ClN5OS. The van der Waals surface area contributed by atoms with Crippen LogP contribution in [0, 0.1) is 26.2 Å². The molecule has 0 spiro atoms. The Balaban J connectivity index is 1.72. The average Bonchev–Trinajstić information content (AvgIpc) is 3.25. The number of amidine groups is 2. The molecule has 2 aliphatic heterocycles. The summed E-state index contributed by atoms with van der Waals surface area (Å²) in [7, 11) is 0. The van der Waals surface area contributed by atoms with Gasteiger partial charge in [-0.2, -0.15) is 15.1 Å². The molecule has 0 bridgehead atoms. The van der Waals surface area contributed by atoms with Crippen LogP contribution in [0.3, 0.4) is 0 Å². The predicted octanol–water partition coefficient (Wildman–Crippen LogP) is 5.87. The molecule has 6 nitrogen and oxygen atoms in total. The summed E-state index contributed by atoms with van der Waals surface area (Å²) in [6.07, 6.45) is 4.66. The van der Waals surface area contributed by atoms with Crippen molar-refractivity contribution in [2.75, 3.05) is 0 Å². The fourth-order valence-electron chi connectivity index (χ4n) is 3.74. The van der Waals surface area contributed by atoms with E-state index in [9.17, 15) is 4.79 Å². The number of nitrogens with one attached hydrogen (secondary N) is 1. The second-order valence-corrected chi connectivity index (χ2v) is 9.19. The van der Waals surface area contributed by atoms with E-state index in [0.717, 1.165) is 52.5 Å². The van der Waals surface area contributed by atoms with Crippen LogP contribution >= 0.6 is 23.4 Å². The van der Waals surface area contributed by atoms with E-state index in [1.807, 2.05) is 45.0 Å². The number of halogens is 1. The maximum Gasteiger partial charge on any atom is 0.283 e. The van der Waals surface area contributed by atoms with E-state index in [-0.39, 0.29) is 11.4 Å². The number of unbranched alkanes of at least 4 members (excludes halogenated alkanes) is 1. The molecule has 160 valence electrons. The van der Waals surface area contributed by atoms with Gasteiger partial charge >= 0.3 is 0 Å². The summed E-state index contributed by atoms with van der Waals surface area (Å²) in [5.74, 6) is -0.336. The summed E-state index contributed by atoms with van der Waals surface area (Å²) in [6, 6.07) is 7.81. The second kappa shape index (κ2) is 8.48. The van der Waals surface area contributed by atoms with Crippen LogP contribution in [0.25, 0.3) is 11.8 Å². The smallest absolute Gasteiger partial charge is 0.283 e. The highest BCUT2D eigenvalue weighted by Gasteiger charge is 2.35. The van der Waals surface area contributed by atoms with Crippen molar-refractivity contribution in [3.05, 3.63) is 57.4 Å². The van der Waals surface area contributed by atoms with E-state index >= 15 is 0 Å². The summed E-state index contributed by atoms with van der Waals surface area (Å²) in [5.41, 5.74) is 5.19. The first-order valence-electron chi connectivity index (χ1n) is 10.2. The summed E-state index contributed by atoms with van der Waals surface area (Å²) < 4.78 is 2.12. The number of carbonyl (C=O) groups is 1. The van der Waals surface area contributed by atoms with Crippen LogP contribution in [-0.4, -0.2) is 31.5 Å². The van der Waals surface area contributed by atoms with Crippen molar-refractivity contribution in [3.63, 3.8) is 0 Å². The monoisotopic (exact) mass is 453 g/mol. The van der Waals surface area contributed by atoms with Crippen LogP contribution in [0.15, 0.2) is 39.9 Å². The lowest BCUT2D eigenvalue weighted by atomic mass is 10.1. The quantitative estimate of drug-likeness (QED) is 0.575. The number of carbonyl (C=O) groups excluding carboxylic acids is 1. The van der Waals surface area contributed by atoms with E-state index in [2.05, 4.69) is 21.6 Å². The third-order valence-electron chi connectivity index (χ3n) is 5.42. The molecule has 0 aliphatic carbocycles. The van der Waals surface area contributed by atoms with Crippen molar-refractivity contribution in [2.45, 2.75) is 47.0 Å². The lowest BCUT2D eigenvalue weighted by Crippen LogP contribution is -2.35. The Morgan fingerprint density at radius 3 is 2.74 bits per heavy atom. The lowest BCUT2D eigenvalue weighted by Gasteiger charge is -2.20. The van der Waals surface area contributed by atoms with Crippen LogP contribution in [0.5, 0.6) is 0 Å². The van der Waals surface area contributed by atoms with Crippen LogP contribution in [-0.2, 0) is 4.79 Å². The summed E-state index contributed by atoms with van der Waals surface area (Å²) in [6.45, 7) is 8.18. The van der Waals surface area contributed by atoms with E-state index in [1.165, 1.54) is 16.8 Å². The molecule has 2 aromatic rings. The number of aliphatic imine (C=N–C) groups is 1. The molecule has 1 N–H and O–H groups in total. The second-order valence-electron chi connectivity index (χ2n) is 7.71.